The molecule has 0 saturated heterocycles. The Labute approximate surface area is 100.0 Å². The Morgan fingerprint density at radius 1 is 0.812 bits per heavy atom. The van der Waals surface area contributed by atoms with Crippen LogP contribution < -0.4 is 0 Å². The third-order valence-corrected chi connectivity index (χ3v) is 2.45. The van der Waals surface area contributed by atoms with Crippen molar-refractivity contribution in [1.82, 2.24) is 9.55 Å². The lowest BCUT2D eigenvalue weighted by molar-refractivity contribution is 1.02. The lowest BCUT2D eigenvalue weighted by atomic mass is 10.2. The van der Waals surface area contributed by atoms with Crippen molar-refractivity contribution < 1.29 is 0 Å². The van der Waals surface area contributed by atoms with Crippen molar-refractivity contribution in [3.63, 3.8) is 0 Å². The van der Waals surface area contributed by atoms with Crippen molar-refractivity contribution in [3.8, 4) is 5.82 Å². The van der Waals surface area contributed by atoms with E-state index in [1.54, 1.807) is 0 Å². The Kier molecular flexibility index (Phi) is 2.93. The summed E-state index contributed by atoms with van der Waals surface area (Å²) in [5.41, 5.74) is 1.03. The summed E-state index contributed by atoms with van der Waals surface area (Å²) in [7, 11) is 0. The standard InChI is InChI=1S/C13H10N2.ClH/c1-2-6-12-11(5-1)7-8-13(14-12)15-9-3-4-10-15;/h1-10H;1H. The predicted molar refractivity (Wildman–Crippen MR) is 68.3 cm³/mol. The Bertz CT molecular complexity index is 588. The topological polar surface area (TPSA) is 17.8 Å². The van der Waals surface area contributed by atoms with Gasteiger partial charge in [0.05, 0.1) is 5.52 Å². The van der Waals surface area contributed by atoms with E-state index in [9.17, 15) is 0 Å². The number of fused-ring (bicyclic) bond motifs is 1. The molecule has 3 heteroatoms. The summed E-state index contributed by atoms with van der Waals surface area (Å²) in [6, 6.07) is 16.3. The zero-order valence-electron chi connectivity index (χ0n) is 8.58. The van der Waals surface area contributed by atoms with Gasteiger partial charge < -0.3 is 4.57 Å². The van der Waals surface area contributed by atoms with Crippen LogP contribution in [0.15, 0.2) is 60.9 Å². The van der Waals surface area contributed by atoms with E-state index in [1.165, 1.54) is 5.39 Å². The smallest absolute Gasteiger partial charge is 0.137 e. The molecule has 0 aliphatic rings. The Hall–Kier alpha value is -1.80. The van der Waals surface area contributed by atoms with Gasteiger partial charge in [0, 0.05) is 17.8 Å². The molecule has 0 aliphatic carbocycles. The Morgan fingerprint density at radius 2 is 1.56 bits per heavy atom. The number of halogens is 1. The van der Waals surface area contributed by atoms with Crippen LogP contribution >= 0.6 is 12.4 Å². The van der Waals surface area contributed by atoms with E-state index in [1.807, 2.05) is 53.4 Å². The summed E-state index contributed by atoms with van der Waals surface area (Å²) in [4.78, 5) is 4.58. The average molecular weight is 231 g/mol. The first kappa shape index (κ1) is 10.7. The van der Waals surface area contributed by atoms with E-state index in [4.69, 9.17) is 0 Å². The van der Waals surface area contributed by atoms with Crippen LogP contribution in [0, 0.1) is 0 Å². The molecule has 0 saturated carbocycles. The number of pyridine rings is 1. The second kappa shape index (κ2) is 4.37. The van der Waals surface area contributed by atoms with Crippen LogP contribution in [0.3, 0.4) is 0 Å². The van der Waals surface area contributed by atoms with Crippen molar-refractivity contribution in [2.45, 2.75) is 0 Å². The molecule has 2 nitrogen and oxygen atoms in total. The lowest BCUT2D eigenvalue weighted by Gasteiger charge is -2.03. The minimum Gasteiger partial charge on any atom is -0.309 e. The van der Waals surface area contributed by atoms with Gasteiger partial charge in [-0.05, 0) is 30.3 Å². The molecule has 1 aromatic carbocycles. The first-order valence-corrected chi connectivity index (χ1v) is 4.93. The first-order valence-electron chi connectivity index (χ1n) is 4.93. The molecular weight excluding hydrogens is 220 g/mol. The van der Waals surface area contributed by atoms with Gasteiger partial charge in [-0.15, -0.1) is 12.4 Å². The molecule has 2 heterocycles. The van der Waals surface area contributed by atoms with E-state index in [-0.39, 0.29) is 12.4 Å². The van der Waals surface area contributed by atoms with Crippen LogP contribution in [-0.2, 0) is 0 Å². The van der Waals surface area contributed by atoms with Crippen molar-refractivity contribution in [2.75, 3.05) is 0 Å². The van der Waals surface area contributed by atoms with E-state index < -0.39 is 0 Å². The molecule has 0 amide bonds. The fourth-order valence-electron chi connectivity index (χ4n) is 1.69. The highest BCUT2D eigenvalue weighted by Gasteiger charge is 1.97. The highest BCUT2D eigenvalue weighted by molar-refractivity contribution is 5.85. The van der Waals surface area contributed by atoms with Crippen molar-refractivity contribution in [3.05, 3.63) is 60.9 Å². The van der Waals surface area contributed by atoms with Gasteiger partial charge in [0.2, 0.25) is 0 Å². The zero-order valence-corrected chi connectivity index (χ0v) is 9.39. The van der Waals surface area contributed by atoms with Crippen molar-refractivity contribution in [1.29, 1.82) is 0 Å². The minimum absolute atomic E-state index is 0. The summed E-state index contributed by atoms with van der Waals surface area (Å²) < 4.78 is 2.01. The minimum atomic E-state index is 0. The van der Waals surface area contributed by atoms with Gasteiger partial charge in [-0.2, -0.15) is 0 Å². The molecule has 0 bridgehead atoms. The van der Waals surface area contributed by atoms with Gasteiger partial charge in [-0.3, -0.25) is 0 Å². The summed E-state index contributed by atoms with van der Waals surface area (Å²) >= 11 is 0. The fraction of sp³-hybridized carbons (Fsp3) is 0. The number of para-hydroxylation sites is 1. The summed E-state index contributed by atoms with van der Waals surface area (Å²) in [5, 5.41) is 1.17. The third-order valence-electron chi connectivity index (χ3n) is 2.45. The molecule has 3 rings (SSSR count). The second-order valence-corrected chi connectivity index (χ2v) is 3.45. The molecule has 80 valence electrons. The van der Waals surface area contributed by atoms with E-state index >= 15 is 0 Å². The van der Waals surface area contributed by atoms with Gasteiger partial charge in [0.15, 0.2) is 0 Å². The van der Waals surface area contributed by atoms with Crippen LogP contribution in [0.25, 0.3) is 16.7 Å². The molecule has 16 heavy (non-hydrogen) atoms. The largest absolute Gasteiger partial charge is 0.309 e. The molecular formula is C13H11ClN2. The molecule has 3 aromatic rings. The number of hydrogen-bond acceptors (Lipinski definition) is 1. The van der Waals surface area contributed by atoms with E-state index in [0.29, 0.717) is 0 Å². The maximum absolute atomic E-state index is 4.58. The Balaban J connectivity index is 0.000000963. The third kappa shape index (κ3) is 1.79. The number of benzene rings is 1. The van der Waals surface area contributed by atoms with Crippen LogP contribution in [-0.4, -0.2) is 9.55 Å². The predicted octanol–water partition coefficient (Wildman–Crippen LogP) is 3.45. The summed E-state index contributed by atoms with van der Waals surface area (Å²) in [5.74, 6) is 0.957. The lowest BCUT2D eigenvalue weighted by Crippen LogP contribution is -1.93. The first-order chi connectivity index (χ1) is 7.43. The van der Waals surface area contributed by atoms with Gasteiger partial charge in [-0.25, -0.2) is 4.98 Å². The van der Waals surface area contributed by atoms with Gasteiger partial charge in [0.25, 0.3) is 0 Å². The quantitative estimate of drug-likeness (QED) is 0.626. The number of aromatic nitrogens is 2. The van der Waals surface area contributed by atoms with Crippen LogP contribution in [0.5, 0.6) is 0 Å². The van der Waals surface area contributed by atoms with Crippen LogP contribution in [0.2, 0.25) is 0 Å². The number of rotatable bonds is 1. The molecule has 2 aromatic heterocycles. The van der Waals surface area contributed by atoms with Gasteiger partial charge in [0.1, 0.15) is 5.82 Å². The number of nitrogens with zero attached hydrogens (tertiary/aromatic N) is 2. The summed E-state index contributed by atoms with van der Waals surface area (Å²) in [6.45, 7) is 0. The molecule has 0 atom stereocenters. The molecule has 0 spiro atoms. The highest BCUT2D eigenvalue weighted by Crippen LogP contribution is 2.14. The van der Waals surface area contributed by atoms with E-state index in [2.05, 4.69) is 17.1 Å². The molecule has 0 radical (unpaired) electrons. The maximum atomic E-state index is 4.58. The number of hydrogen-bond donors (Lipinski definition) is 0. The molecule has 0 unspecified atom stereocenters. The fourth-order valence-corrected chi connectivity index (χ4v) is 1.69. The molecule has 0 aliphatic heterocycles. The zero-order chi connectivity index (χ0) is 10.1. The Morgan fingerprint density at radius 3 is 2.38 bits per heavy atom. The molecule has 0 N–H and O–H groups in total. The van der Waals surface area contributed by atoms with Gasteiger partial charge in [-0.1, -0.05) is 18.2 Å². The van der Waals surface area contributed by atoms with E-state index in [0.717, 1.165) is 11.3 Å². The monoisotopic (exact) mass is 230 g/mol. The van der Waals surface area contributed by atoms with Crippen LogP contribution in [0.1, 0.15) is 0 Å². The molecule has 0 fully saturated rings. The summed E-state index contributed by atoms with van der Waals surface area (Å²) in [6.07, 6.45) is 3.99. The second-order valence-electron chi connectivity index (χ2n) is 3.45. The van der Waals surface area contributed by atoms with Crippen molar-refractivity contribution in [2.24, 2.45) is 0 Å². The average Bonchev–Trinajstić information content (AvgIpc) is 2.82. The van der Waals surface area contributed by atoms with Gasteiger partial charge >= 0.3 is 0 Å². The maximum Gasteiger partial charge on any atom is 0.137 e. The normalized spacial score (nSPS) is 10.0. The highest BCUT2D eigenvalue weighted by atomic mass is 35.5. The van der Waals surface area contributed by atoms with Crippen LogP contribution in [0.4, 0.5) is 0 Å². The van der Waals surface area contributed by atoms with Crippen molar-refractivity contribution >= 4 is 23.3 Å². The SMILES string of the molecule is Cl.c1ccc2nc(-n3cccc3)ccc2c1.